The summed E-state index contributed by atoms with van der Waals surface area (Å²) < 4.78 is 28.4. The van der Waals surface area contributed by atoms with Gasteiger partial charge in [-0.15, -0.1) is 0 Å². The number of benzene rings is 2. The van der Waals surface area contributed by atoms with E-state index in [4.69, 9.17) is 0 Å². The molecule has 0 spiro atoms. The van der Waals surface area contributed by atoms with Gasteiger partial charge in [-0.2, -0.15) is 4.31 Å². The summed E-state index contributed by atoms with van der Waals surface area (Å²) in [7, 11) is -5.40. The van der Waals surface area contributed by atoms with E-state index < -0.39 is 18.1 Å². The van der Waals surface area contributed by atoms with Gasteiger partial charge in [-0.25, -0.2) is 8.42 Å². The van der Waals surface area contributed by atoms with Crippen molar-refractivity contribution >= 4 is 23.3 Å². The molecular formula is C25H33NO2SSi. The minimum atomic E-state index is -3.52. The monoisotopic (exact) mass is 439 g/mol. The van der Waals surface area contributed by atoms with Crippen molar-refractivity contribution in [2.45, 2.75) is 45.7 Å². The van der Waals surface area contributed by atoms with Gasteiger partial charge in [0.2, 0.25) is 10.0 Å². The Morgan fingerprint density at radius 3 is 2.17 bits per heavy atom. The molecule has 0 bridgehead atoms. The molecule has 1 heterocycles. The van der Waals surface area contributed by atoms with Gasteiger partial charge in [0, 0.05) is 19.0 Å². The number of allylic oxidation sites excluding steroid dienone is 2. The lowest BCUT2D eigenvalue weighted by Gasteiger charge is -2.27. The maximum atomic E-state index is 13.4. The van der Waals surface area contributed by atoms with Crippen molar-refractivity contribution in [3.63, 3.8) is 0 Å². The highest BCUT2D eigenvalue weighted by molar-refractivity contribution is 7.89. The van der Waals surface area contributed by atoms with E-state index in [1.54, 1.807) is 16.4 Å². The second kappa shape index (κ2) is 8.65. The summed E-state index contributed by atoms with van der Waals surface area (Å²) >= 11 is 0. The zero-order valence-electron chi connectivity index (χ0n) is 18.9. The van der Waals surface area contributed by atoms with Crippen LogP contribution in [0.5, 0.6) is 0 Å². The molecule has 160 valence electrons. The quantitative estimate of drug-likeness (QED) is 0.483. The average molecular weight is 440 g/mol. The molecule has 2 aromatic rings. The zero-order chi connectivity index (χ0) is 22.1. The summed E-state index contributed by atoms with van der Waals surface area (Å²) in [5.74, 6) is 0.130. The molecule has 1 unspecified atom stereocenters. The molecule has 0 aromatic heterocycles. The van der Waals surface area contributed by atoms with E-state index in [2.05, 4.69) is 64.2 Å². The van der Waals surface area contributed by atoms with Crippen molar-refractivity contribution in [3.05, 3.63) is 82.6 Å². The Morgan fingerprint density at radius 2 is 1.60 bits per heavy atom. The average Bonchev–Trinajstić information content (AvgIpc) is 3.12. The summed E-state index contributed by atoms with van der Waals surface area (Å²) in [5, 5.41) is 2.77. The minimum absolute atomic E-state index is 0.130. The Hall–Kier alpha value is -1.95. The Morgan fingerprint density at radius 1 is 1.00 bits per heavy atom. The van der Waals surface area contributed by atoms with E-state index in [1.807, 2.05) is 25.1 Å². The molecule has 1 atom stereocenters. The topological polar surface area (TPSA) is 37.4 Å². The van der Waals surface area contributed by atoms with Crippen molar-refractivity contribution in [1.82, 2.24) is 4.31 Å². The summed E-state index contributed by atoms with van der Waals surface area (Å²) in [5.41, 5.74) is 3.55. The minimum Gasteiger partial charge on any atom is -0.207 e. The number of rotatable bonds is 5. The predicted octanol–water partition coefficient (Wildman–Crippen LogP) is 5.05. The van der Waals surface area contributed by atoms with Crippen LogP contribution in [0.1, 0.15) is 26.3 Å². The zero-order valence-corrected chi connectivity index (χ0v) is 20.8. The molecule has 1 fully saturated rings. The lowest BCUT2D eigenvalue weighted by Crippen LogP contribution is -2.44. The van der Waals surface area contributed by atoms with Gasteiger partial charge in [0.25, 0.3) is 0 Å². The van der Waals surface area contributed by atoms with Gasteiger partial charge >= 0.3 is 0 Å². The smallest absolute Gasteiger partial charge is 0.207 e. The Kier molecular flexibility index (Phi) is 6.56. The Balaban J connectivity index is 2.04. The molecule has 1 aliphatic rings. The van der Waals surface area contributed by atoms with Gasteiger partial charge in [-0.1, -0.05) is 88.7 Å². The maximum absolute atomic E-state index is 13.4. The van der Waals surface area contributed by atoms with Crippen LogP contribution in [0.3, 0.4) is 0 Å². The van der Waals surface area contributed by atoms with Gasteiger partial charge < -0.3 is 0 Å². The van der Waals surface area contributed by atoms with Crippen LogP contribution in [-0.4, -0.2) is 33.9 Å². The van der Waals surface area contributed by atoms with Gasteiger partial charge in [0.05, 0.1) is 4.90 Å². The van der Waals surface area contributed by atoms with Crippen LogP contribution in [0.15, 0.2) is 81.9 Å². The normalized spacial score (nSPS) is 19.6. The molecule has 0 aliphatic carbocycles. The lowest BCUT2D eigenvalue weighted by atomic mass is 10.0. The van der Waals surface area contributed by atoms with Crippen molar-refractivity contribution in [1.29, 1.82) is 0 Å². The molecule has 0 N–H and O–H groups in total. The van der Waals surface area contributed by atoms with E-state index >= 15 is 0 Å². The fraction of sp³-hybridized carbons (Fsp3) is 0.360. The molecule has 1 saturated heterocycles. The van der Waals surface area contributed by atoms with Crippen LogP contribution in [0.25, 0.3) is 0 Å². The predicted molar refractivity (Wildman–Crippen MR) is 129 cm³/mol. The highest BCUT2D eigenvalue weighted by Gasteiger charge is 2.38. The van der Waals surface area contributed by atoms with Crippen LogP contribution >= 0.6 is 0 Å². The molecule has 2 aromatic carbocycles. The van der Waals surface area contributed by atoms with Gasteiger partial charge in [0.1, 0.15) is 8.07 Å². The molecule has 1 aliphatic heterocycles. The third-order valence-corrected chi connectivity index (χ3v) is 12.1. The first kappa shape index (κ1) is 22.7. The first-order valence-corrected chi connectivity index (χ1v) is 14.9. The second-order valence-electron chi connectivity index (χ2n) is 9.10. The second-order valence-corrected chi connectivity index (χ2v) is 15.6. The molecule has 0 radical (unpaired) electrons. The van der Waals surface area contributed by atoms with E-state index in [9.17, 15) is 8.42 Å². The maximum Gasteiger partial charge on any atom is 0.243 e. The van der Waals surface area contributed by atoms with Crippen LogP contribution in [0, 0.1) is 12.8 Å². The molecule has 5 heteroatoms. The molecule has 0 saturated carbocycles. The summed E-state index contributed by atoms with van der Waals surface area (Å²) in [6, 6.07) is 17.8. The van der Waals surface area contributed by atoms with Crippen molar-refractivity contribution < 1.29 is 8.42 Å². The molecule has 3 rings (SSSR count). The number of hydrogen-bond donors (Lipinski definition) is 0. The fourth-order valence-electron chi connectivity index (χ4n) is 4.17. The summed E-state index contributed by atoms with van der Waals surface area (Å²) in [4.78, 5) is 0.377. The first-order valence-electron chi connectivity index (χ1n) is 10.5. The van der Waals surface area contributed by atoms with E-state index in [-0.39, 0.29) is 5.92 Å². The molecule has 30 heavy (non-hydrogen) atoms. The standard InChI is InChI=1S/C25H33NO2SSi/c1-19(2)16-22-17-26(29(27,28)23-14-12-20(3)13-15-23)18-25(22)21(4)30(5,6)24-10-8-7-9-11-24/h7-16,22H,17-18H2,1-6H3/b25-21+. The number of aryl methyl sites for hydroxylation is 1. The Labute approximate surface area is 183 Å². The highest BCUT2D eigenvalue weighted by Crippen LogP contribution is 2.34. The summed E-state index contributed by atoms with van der Waals surface area (Å²) in [6.07, 6.45) is 2.24. The fourth-order valence-corrected chi connectivity index (χ4v) is 8.14. The summed E-state index contributed by atoms with van der Waals surface area (Å²) in [6.45, 7) is 14.1. The van der Waals surface area contributed by atoms with Gasteiger partial charge in [-0.05, 0) is 39.8 Å². The largest absolute Gasteiger partial charge is 0.243 e. The van der Waals surface area contributed by atoms with Crippen LogP contribution in [-0.2, 0) is 10.0 Å². The van der Waals surface area contributed by atoms with E-state index in [0.717, 1.165) is 5.56 Å². The van der Waals surface area contributed by atoms with Crippen LogP contribution < -0.4 is 5.19 Å². The first-order chi connectivity index (χ1) is 14.0. The molecule has 0 amide bonds. The Bertz CT molecular complexity index is 1060. The third-order valence-electron chi connectivity index (χ3n) is 6.30. The SMILES string of the molecule is CC(C)=CC1CN(S(=O)(=O)c2ccc(C)cc2)C/C1=C(/C)[Si](C)(C)c1ccccc1. The third kappa shape index (κ3) is 4.53. The van der Waals surface area contributed by atoms with Crippen molar-refractivity contribution in [2.75, 3.05) is 13.1 Å². The van der Waals surface area contributed by atoms with Crippen molar-refractivity contribution in [2.24, 2.45) is 5.92 Å². The molecule has 3 nitrogen and oxygen atoms in total. The number of sulfonamides is 1. The number of hydrogen-bond acceptors (Lipinski definition) is 2. The highest BCUT2D eigenvalue weighted by atomic mass is 32.2. The molecular weight excluding hydrogens is 406 g/mol. The van der Waals surface area contributed by atoms with E-state index in [1.165, 1.54) is 21.5 Å². The van der Waals surface area contributed by atoms with Crippen LogP contribution in [0.4, 0.5) is 0 Å². The van der Waals surface area contributed by atoms with Crippen LogP contribution in [0.2, 0.25) is 13.1 Å². The van der Waals surface area contributed by atoms with E-state index in [0.29, 0.717) is 18.0 Å². The lowest BCUT2D eigenvalue weighted by molar-refractivity contribution is 0.471. The number of nitrogens with zero attached hydrogens (tertiary/aromatic N) is 1. The van der Waals surface area contributed by atoms with Gasteiger partial charge in [0.15, 0.2) is 0 Å². The van der Waals surface area contributed by atoms with Crippen molar-refractivity contribution in [3.8, 4) is 0 Å². The van der Waals surface area contributed by atoms with Gasteiger partial charge in [-0.3, -0.25) is 0 Å².